The van der Waals surface area contributed by atoms with Gasteiger partial charge in [0, 0.05) is 6.54 Å². The van der Waals surface area contributed by atoms with Gasteiger partial charge < -0.3 is 4.74 Å². The maximum absolute atomic E-state index is 11.7. The lowest BCUT2D eigenvalue weighted by Crippen LogP contribution is -2.36. The van der Waals surface area contributed by atoms with Crippen LogP contribution in [0.2, 0.25) is 0 Å². The zero-order chi connectivity index (χ0) is 14.5. The number of ether oxygens (including phenoxy) is 1. The largest absolute Gasteiger partial charge is 0.466 e. The highest BCUT2D eigenvalue weighted by Gasteiger charge is 2.25. The first-order valence-corrected chi connectivity index (χ1v) is 7.54. The van der Waals surface area contributed by atoms with Gasteiger partial charge >= 0.3 is 5.97 Å². The fraction of sp³-hybridized carbons (Fsp3) is 0.588. The zero-order valence-corrected chi connectivity index (χ0v) is 12.8. The number of esters is 1. The van der Waals surface area contributed by atoms with Crippen molar-refractivity contribution in [2.75, 3.05) is 19.7 Å². The van der Waals surface area contributed by atoms with Crippen LogP contribution in [-0.2, 0) is 16.1 Å². The lowest BCUT2D eigenvalue weighted by atomic mass is 9.96. The van der Waals surface area contributed by atoms with Crippen LogP contribution in [0.3, 0.4) is 0 Å². The van der Waals surface area contributed by atoms with Crippen molar-refractivity contribution in [1.82, 2.24) is 4.90 Å². The van der Waals surface area contributed by atoms with E-state index in [0.717, 1.165) is 32.5 Å². The van der Waals surface area contributed by atoms with Gasteiger partial charge in [0.15, 0.2) is 0 Å². The van der Waals surface area contributed by atoms with Gasteiger partial charge in [0.2, 0.25) is 0 Å². The van der Waals surface area contributed by atoms with Crippen LogP contribution in [0.5, 0.6) is 0 Å². The minimum Gasteiger partial charge on any atom is -0.466 e. The third kappa shape index (κ3) is 4.07. The Morgan fingerprint density at radius 1 is 1.20 bits per heavy atom. The minimum absolute atomic E-state index is 0.0152. The molecule has 3 heteroatoms. The van der Waals surface area contributed by atoms with Gasteiger partial charge in [-0.2, -0.15) is 0 Å². The molecule has 110 valence electrons. The smallest absolute Gasteiger partial charge is 0.309 e. The average molecular weight is 275 g/mol. The number of carbonyl (C=O) groups excluding carboxylic acids is 1. The second-order valence-corrected chi connectivity index (χ2v) is 5.80. The van der Waals surface area contributed by atoms with Crippen LogP contribution in [-0.4, -0.2) is 30.6 Å². The predicted octanol–water partition coefficient (Wildman–Crippen LogP) is 3.08. The number of hydrogen-bond acceptors (Lipinski definition) is 3. The molecule has 0 unspecified atom stereocenters. The van der Waals surface area contributed by atoms with Gasteiger partial charge in [-0.3, -0.25) is 9.69 Å². The molecule has 20 heavy (non-hydrogen) atoms. The first-order valence-electron chi connectivity index (χ1n) is 7.54. The third-order valence-electron chi connectivity index (χ3n) is 3.90. The standard InChI is InChI=1S/C17H25NO2/c1-4-20-17(19)16-5-7-18(8-6-16)12-15-10-13(2)9-14(3)11-15/h9-11,16H,4-8,12H2,1-3H3. The summed E-state index contributed by atoms with van der Waals surface area (Å²) < 4.78 is 5.11. The van der Waals surface area contributed by atoms with E-state index in [2.05, 4.69) is 36.9 Å². The number of nitrogens with zero attached hydrogens (tertiary/aromatic N) is 1. The molecule has 0 bridgehead atoms. The van der Waals surface area contributed by atoms with Crippen LogP contribution in [0, 0.1) is 19.8 Å². The molecule has 0 amide bonds. The molecule has 0 spiro atoms. The van der Waals surface area contributed by atoms with Crippen molar-refractivity contribution in [3.63, 3.8) is 0 Å². The zero-order valence-electron chi connectivity index (χ0n) is 12.8. The summed E-state index contributed by atoms with van der Waals surface area (Å²) >= 11 is 0. The highest BCUT2D eigenvalue weighted by molar-refractivity contribution is 5.72. The van der Waals surface area contributed by atoms with Gasteiger partial charge in [-0.15, -0.1) is 0 Å². The molecule has 1 saturated heterocycles. The highest BCUT2D eigenvalue weighted by atomic mass is 16.5. The van der Waals surface area contributed by atoms with E-state index in [1.165, 1.54) is 16.7 Å². The fourth-order valence-corrected chi connectivity index (χ4v) is 3.01. The Balaban J connectivity index is 1.86. The maximum Gasteiger partial charge on any atom is 0.309 e. The second-order valence-electron chi connectivity index (χ2n) is 5.80. The van der Waals surface area contributed by atoms with Gasteiger partial charge in [0.05, 0.1) is 12.5 Å². The molecule has 3 nitrogen and oxygen atoms in total. The van der Waals surface area contributed by atoms with E-state index < -0.39 is 0 Å². The Morgan fingerprint density at radius 2 is 1.80 bits per heavy atom. The molecule has 1 aromatic carbocycles. The highest BCUT2D eigenvalue weighted by Crippen LogP contribution is 2.21. The summed E-state index contributed by atoms with van der Waals surface area (Å²) in [6.07, 6.45) is 1.84. The van der Waals surface area contributed by atoms with Crippen molar-refractivity contribution in [2.24, 2.45) is 5.92 Å². The van der Waals surface area contributed by atoms with Crippen LogP contribution < -0.4 is 0 Å². The van der Waals surface area contributed by atoms with E-state index in [0.29, 0.717) is 6.61 Å². The molecule has 0 saturated carbocycles. The summed E-state index contributed by atoms with van der Waals surface area (Å²) in [5, 5.41) is 0. The molecule has 0 aliphatic carbocycles. The lowest BCUT2D eigenvalue weighted by Gasteiger charge is -2.30. The van der Waals surface area contributed by atoms with E-state index in [9.17, 15) is 4.79 Å². The Hall–Kier alpha value is -1.35. The van der Waals surface area contributed by atoms with Crippen LogP contribution >= 0.6 is 0 Å². The summed E-state index contributed by atoms with van der Waals surface area (Å²) in [5.41, 5.74) is 4.01. The van der Waals surface area contributed by atoms with Crippen molar-refractivity contribution < 1.29 is 9.53 Å². The van der Waals surface area contributed by atoms with E-state index in [1.807, 2.05) is 6.92 Å². The van der Waals surface area contributed by atoms with Crippen molar-refractivity contribution in [2.45, 2.75) is 40.2 Å². The van der Waals surface area contributed by atoms with E-state index in [4.69, 9.17) is 4.74 Å². The molecule has 0 atom stereocenters. The number of benzene rings is 1. The molecule has 2 rings (SSSR count). The summed E-state index contributed by atoms with van der Waals surface area (Å²) in [7, 11) is 0. The normalized spacial score (nSPS) is 17.1. The number of rotatable bonds is 4. The second kappa shape index (κ2) is 6.89. The molecule has 0 radical (unpaired) electrons. The quantitative estimate of drug-likeness (QED) is 0.791. The van der Waals surface area contributed by atoms with E-state index in [1.54, 1.807) is 0 Å². The molecular weight excluding hydrogens is 250 g/mol. The third-order valence-corrected chi connectivity index (χ3v) is 3.90. The molecule has 0 N–H and O–H groups in total. The topological polar surface area (TPSA) is 29.5 Å². The summed E-state index contributed by atoms with van der Waals surface area (Å²) in [6.45, 7) is 9.59. The number of aryl methyl sites for hydroxylation is 2. The van der Waals surface area contributed by atoms with Gasteiger partial charge in [-0.25, -0.2) is 0 Å². The monoisotopic (exact) mass is 275 g/mol. The van der Waals surface area contributed by atoms with E-state index >= 15 is 0 Å². The molecular formula is C17H25NO2. The number of piperidine rings is 1. The average Bonchev–Trinajstić information content (AvgIpc) is 2.38. The van der Waals surface area contributed by atoms with Crippen LogP contribution in [0.1, 0.15) is 36.5 Å². The Labute approximate surface area is 121 Å². The molecule has 1 fully saturated rings. The van der Waals surface area contributed by atoms with Gasteiger partial charge in [-0.1, -0.05) is 29.3 Å². The Bertz CT molecular complexity index is 442. The Kier molecular flexibility index (Phi) is 5.18. The molecule has 1 aliphatic heterocycles. The first kappa shape index (κ1) is 15.0. The summed E-state index contributed by atoms with van der Waals surface area (Å²) in [5.74, 6) is 0.0870. The van der Waals surface area contributed by atoms with Gasteiger partial charge in [0.1, 0.15) is 0 Å². The summed E-state index contributed by atoms with van der Waals surface area (Å²) in [4.78, 5) is 14.1. The van der Waals surface area contributed by atoms with Crippen LogP contribution in [0.15, 0.2) is 18.2 Å². The number of carbonyl (C=O) groups is 1. The van der Waals surface area contributed by atoms with Crippen molar-refractivity contribution in [3.05, 3.63) is 34.9 Å². The number of likely N-dealkylation sites (tertiary alicyclic amines) is 1. The van der Waals surface area contributed by atoms with Crippen molar-refractivity contribution >= 4 is 5.97 Å². The van der Waals surface area contributed by atoms with Crippen molar-refractivity contribution in [3.8, 4) is 0 Å². The van der Waals surface area contributed by atoms with Gasteiger partial charge in [0.25, 0.3) is 0 Å². The minimum atomic E-state index is -0.0152. The molecule has 1 aliphatic rings. The maximum atomic E-state index is 11.7. The number of hydrogen-bond donors (Lipinski definition) is 0. The first-order chi connectivity index (χ1) is 9.58. The Morgan fingerprint density at radius 3 is 2.35 bits per heavy atom. The predicted molar refractivity (Wildman–Crippen MR) is 80.6 cm³/mol. The fourth-order valence-electron chi connectivity index (χ4n) is 3.01. The lowest BCUT2D eigenvalue weighted by molar-refractivity contribution is -0.149. The molecule has 0 aromatic heterocycles. The van der Waals surface area contributed by atoms with Crippen molar-refractivity contribution in [1.29, 1.82) is 0 Å². The molecule has 1 heterocycles. The van der Waals surface area contributed by atoms with Crippen LogP contribution in [0.4, 0.5) is 0 Å². The summed E-state index contributed by atoms with van der Waals surface area (Å²) in [6, 6.07) is 6.71. The van der Waals surface area contributed by atoms with Gasteiger partial charge in [-0.05, 0) is 52.3 Å². The van der Waals surface area contributed by atoms with Crippen LogP contribution in [0.25, 0.3) is 0 Å². The van der Waals surface area contributed by atoms with E-state index in [-0.39, 0.29) is 11.9 Å². The molecule has 1 aromatic rings. The SMILES string of the molecule is CCOC(=O)C1CCN(Cc2cc(C)cc(C)c2)CC1.